The van der Waals surface area contributed by atoms with E-state index in [0.29, 0.717) is 16.7 Å². The molecule has 1 fully saturated rings. The average molecular weight is 481 g/mol. The molecule has 0 saturated heterocycles. The Labute approximate surface area is 201 Å². The summed E-state index contributed by atoms with van der Waals surface area (Å²) >= 11 is 1.35. The van der Waals surface area contributed by atoms with Gasteiger partial charge >= 0.3 is 0 Å². The summed E-state index contributed by atoms with van der Waals surface area (Å²) in [5.74, 6) is 1.97. The molecule has 1 aliphatic carbocycles. The van der Waals surface area contributed by atoms with E-state index >= 15 is 0 Å². The molecular weight excluding hydrogens is 452 g/mol. The van der Waals surface area contributed by atoms with Crippen LogP contribution < -0.4 is 5.32 Å². The summed E-state index contributed by atoms with van der Waals surface area (Å²) in [5, 5.41) is 13.9. The van der Waals surface area contributed by atoms with Crippen molar-refractivity contribution in [3.8, 4) is 5.82 Å². The van der Waals surface area contributed by atoms with Gasteiger partial charge in [0.1, 0.15) is 11.3 Å². The first-order valence-corrected chi connectivity index (χ1v) is 12.4. The minimum Gasteiger partial charge on any atom is -0.381 e. The van der Waals surface area contributed by atoms with Gasteiger partial charge in [-0.25, -0.2) is 15.0 Å². The maximum Gasteiger partial charge on any atom is 0.280 e. The van der Waals surface area contributed by atoms with Gasteiger partial charge < -0.3 is 14.6 Å². The van der Waals surface area contributed by atoms with Crippen molar-refractivity contribution in [2.45, 2.75) is 57.7 Å². The lowest BCUT2D eigenvalue weighted by atomic mass is 9.88. The van der Waals surface area contributed by atoms with Crippen LogP contribution in [-0.2, 0) is 11.2 Å². The molecule has 4 heterocycles. The summed E-state index contributed by atoms with van der Waals surface area (Å²) in [6, 6.07) is 2.07. The molecule has 1 saturated carbocycles. The van der Waals surface area contributed by atoms with Crippen molar-refractivity contribution < 1.29 is 9.53 Å². The molecule has 4 aromatic heterocycles. The number of fused-ring (bicyclic) bond motifs is 1. The predicted octanol–water partition coefficient (Wildman–Crippen LogP) is 3.21. The number of ether oxygens (including phenoxy) is 1. The Morgan fingerprint density at radius 1 is 1.21 bits per heavy atom. The highest BCUT2D eigenvalue weighted by Crippen LogP contribution is 2.35. The molecule has 178 valence electrons. The molecule has 3 unspecified atom stereocenters. The van der Waals surface area contributed by atoms with Gasteiger partial charge in [0, 0.05) is 43.3 Å². The van der Waals surface area contributed by atoms with Gasteiger partial charge in [-0.15, -0.1) is 16.1 Å². The van der Waals surface area contributed by atoms with Gasteiger partial charge in [0.2, 0.25) is 0 Å². The van der Waals surface area contributed by atoms with E-state index in [1.54, 1.807) is 31.9 Å². The van der Waals surface area contributed by atoms with Crippen LogP contribution in [-0.4, -0.2) is 59.7 Å². The number of nitrogens with zero attached hydrogens (tertiary/aromatic N) is 7. The maximum absolute atomic E-state index is 12.7. The Bertz CT molecular complexity index is 1250. The van der Waals surface area contributed by atoms with E-state index < -0.39 is 0 Å². The van der Waals surface area contributed by atoms with E-state index in [-0.39, 0.29) is 24.1 Å². The molecule has 11 heteroatoms. The highest BCUT2D eigenvalue weighted by molar-refractivity contribution is 7.11. The number of pyridine rings is 1. The second-order valence-electron chi connectivity index (χ2n) is 9.07. The molecule has 5 rings (SSSR count). The molecule has 34 heavy (non-hydrogen) atoms. The number of carbonyl (C=O) groups excluding carboxylic acids is 1. The molecule has 0 spiro atoms. The maximum atomic E-state index is 12.7. The molecule has 0 aliphatic heterocycles. The van der Waals surface area contributed by atoms with Crippen molar-refractivity contribution in [1.82, 2.24) is 39.8 Å². The Kier molecular flexibility index (Phi) is 6.38. The zero-order valence-electron chi connectivity index (χ0n) is 19.5. The van der Waals surface area contributed by atoms with Gasteiger partial charge in [0.25, 0.3) is 5.91 Å². The Morgan fingerprint density at radius 3 is 2.74 bits per heavy atom. The minimum absolute atomic E-state index is 0.0267. The van der Waals surface area contributed by atoms with Crippen LogP contribution in [0.2, 0.25) is 0 Å². The second-order valence-corrected chi connectivity index (χ2v) is 9.97. The number of hydrogen-bond acceptors (Lipinski definition) is 8. The smallest absolute Gasteiger partial charge is 0.280 e. The fraction of sp³-hybridized carbons (Fsp3) is 0.478. The Hall–Kier alpha value is -3.18. The van der Waals surface area contributed by atoms with E-state index in [1.165, 1.54) is 16.1 Å². The number of nitrogens with one attached hydrogen (secondary N) is 1. The number of amides is 1. The lowest BCUT2D eigenvalue weighted by Gasteiger charge is -2.36. The van der Waals surface area contributed by atoms with E-state index in [9.17, 15) is 4.79 Å². The third-order valence-electron chi connectivity index (χ3n) is 6.15. The molecule has 1 N–H and O–H groups in total. The SMILES string of the molecule is COC1CC(NC(=O)c2nccs2)CC(n2c(CC(C)C)nc3cnc(-n4nccn4)cc32)C1. The van der Waals surface area contributed by atoms with Crippen molar-refractivity contribution >= 4 is 28.3 Å². The van der Waals surface area contributed by atoms with Gasteiger partial charge in [-0.05, 0) is 25.2 Å². The average Bonchev–Trinajstić information content (AvgIpc) is 3.58. The fourth-order valence-electron chi connectivity index (χ4n) is 4.74. The van der Waals surface area contributed by atoms with Crippen LogP contribution in [0, 0.1) is 5.92 Å². The summed E-state index contributed by atoms with van der Waals surface area (Å²) in [4.78, 5) is 27.8. The van der Waals surface area contributed by atoms with E-state index in [4.69, 9.17) is 9.72 Å². The normalized spacial score (nSPS) is 20.8. The second kappa shape index (κ2) is 9.59. The number of aromatic nitrogens is 7. The standard InChI is InChI=1S/C23H28N8O2S/c1-14(2)8-21-29-18-13-25-20(31-26-4-5-27-31)12-19(18)30(21)16-9-15(10-17(11-16)33-3)28-22(32)23-24-6-7-34-23/h4-7,12-17H,8-11H2,1-3H3,(H,28,32). The van der Waals surface area contributed by atoms with Gasteiger partial charge in [0.05, 0.1) is 30.2 Å². The van der Waals surface area contributed by atoms with Crippen LogP contribution >= 0.6 is 11.3 Å². The molecule has 3 atom stereocenters. The monoisotopic (exact) mass is 480 g/mol. The number of rotatable bonds is 7. The zero-order chi connectivity index (χ0) is 23.7. The van der Waals surface area contributed by atoms with Crippen molar-refractivity contribution in [2.24, 2.45) is 5.92 Å². The lowest BCUT2D eigenvalue weighted by molar-refractivity contribution is 0.0390. The number of hydrogen-bond donors (Lipinski definition) is 1. The van der Waals surface area contributed by atoms with Crippen LogP contribution in [0.5, 0.6) is 0 Å². The number of methoxy groups -OCH3 is 1. The number of carbonyl (C=O) groups is 1. The van der Waals surface area contributed by atoms with E-state index in [0.717, 1.165) is 42.5 Å². The molecule has 1 aliphatic rings. The largest absolute Gasteiger partial charge is 0.381 e. The van der Waals surface area contributed by atoms with Gasteiger partial charge in [-0.3, -0.25) is 4.79 Å². The summed E-state index contributed by atoms with van der Waals surface area (Å²) in [5.41, 5.74) is 1.83. The summed E-state index contributed by atoms with van der Waals surface area (Å²) in [7, 11) is 1.74. The van der Waals surface area contributed by atoms with Crippen molar-refractivity contribution in [3.63, 3.8) is 0 Å². The first-order chi connectivity index (χ1) is 16.5. The van der Waals surface area contributed by atoms with Gasteiger partial charge in [-0.1, -0.05) is 13.8 Å². The highest BCUT2D eigenvalue weighted by atomic mass is 32.1. The Balaban J connectivity index is 1.52. The minimum atomic E-state index is -0.135. The van der Waals surface area contributed by atoms with Crippen molar-refractivity contribution in [1.29, 1.82) is 0 Å². The summed E-state index contributed by atoms with van der Waals surface area (Å²) in [6.45, 7) is 4.38. The number of imidazole rings is 1. The lowest BCUT2D eigenvalue weighted by Crippen LogP contribution is -2.43. The van der Waals surface area contributed by atoms with Gasteiger partial charge in [-0.2, -0.15) is 10.2 Å². The third-order valence-corrected chi connectivity index (χ3v) is 6.92. The van der Waals surface area contributed by atoms with Crippen molar-refractivity contribution in [2.75, 3.05) is 7.11 Å². The third kappa shape index (κ3) is 4.58. The molecule has 4 aromatic rings. The van der Waals surface area contributed by atoms with Crippen LogP contribution in [0.25, 0.3) is 16.9 Å². The molecule has 0 aromatic carbocycles. The summed E-state index contributed by atoms with van der Waals surface area (Å²) in [6.07, 6.45) is 9.96. The zero-order valence-corrected chi connectivity index (χ0v) is 20.3. The van der Waals surface area contributed by atoms with Crippen LogP contribution in [0.4, 0.5) is 0 Å². The first-order valence-electron chi connectivity index (χ1n) is 11.5. The topological polar surface area (TPSA) is 113 Å². The van der Waals surface area contributed by atoms with Crippen molar-refractivity contribution in [3.05, 3.63) is 47.1 Å². The molecule has 10 nitrogen and oxygen atoms in total. The van der Waals surface area contributed by atoms with E-state index in [1.807, 2.05) is 11.4 Å². The van der Waals surface area contributed by atoms with Gasteiger partial charge in [0.15, 0.2) is 10.8 Å². The summed E-state index contributed by atoms with van der Waals surface area (Å²) < 4.78 is 8.12. The first kappa shape index (κ1) is 22.6. The van der Waals surface area contributed by atoms with Crippen LogP contribution in [0.15, 0.2) is 36.2 Å². The number of thiazole rings is 1. The highest BCUT2D eigenvalue weighted by Gasteiger charge is 2.33. The van der Waals surface area contributed by atoms with Crippen LogP contribution in [0.1, 0.15) is 54.8 Å². The molecule has 0 bridgehead atoms. The Morgan fingerprint density at radius 2 is 2.03 bits per heavy atom. The predicted molar refractivity (Wildman–Crippen MR) is 128 cm³/mol. The van der Waals surface area contributed by atoms with Crippen LogP contribution in [0.3, 0.4) is 0 Å². The molecular formula is C23H28N8O2S. The molecule has 0 radical (unpaired) electrons. The molecule has 1 amide bonds. The fourth-order valence-corrected chi connectivity index (χ4v) is 5.28. The van der Waals surface area contributed by atoms with E-state index in [2.05, 4.69) is 43.9 Å². The quantitative estimate of drug-likeness (QED) is 0.432.